The van der Waals surface area contributed by atoms with Gasteiger partial charge in [0, 0.05) is 18.3 Å². The van der Waals surface area contributed by atoms with E-state index in [-0.39, 0.29) is 11.9 Å². The molecule has 0 aromatic carbocycles. The maximum atomic E-state index is 12.5. The van der Waals surface area contributed by atoms with Crippen LogP contribution in [0.15, 0.2) is 18.3 Å². The minimum absolute atomic E-state index is 0.261. The summed E-state index contributed by atoms with van der Waals surface area (Å²) in [5.41, 5.74) is 0. The first-order chi connectivity index (χ1) is 5.18. The van der Waals surface area contributed by atoms with E-state index in [0.29, 0.717) is 5.82 Å². The van der Waals surface area contributed by atoms with Gasteiger partial charge in [0.1, 0.15) is 11.6 Å². The predicted molar refractivity (Wildman–Crippen MR) is 43.0 cm³/mol. The smallest absolute Gasteiger partial charge is 0.129 e. The molecule has 3 heteroatoms. The number of nitrogens with zero attached hydrogens (tertiary/aromatic N) is 1. The maximum absolute atomic E-state index is 12.5. The van der Waals surface area contributed by atoms with Crippen molar-refractivity contribution >= 4 is 5.82 Å². The fourth-order valence-corrected chi connectivity index (χ4v) is 0.779. The van der Waals surface area contributed by atoms with E-state index in [1.54, 1.807) is 0 Å². The van der Waals surface area contributed by atoms with E-state index < -0.39 is 0 Å². The summed E-state index contributed by atoms with van der Waals surface area (Å²) in [5, 5.41) is 2.99. The largest absolute Gasteiger partial charge is 0.368 e. The summed E-state index contributed by atoms with van der Waals surface area (Å²) in [6.45, 7) is 3.96. The maximum Gasteiger partial charge on any atom is 0.129 e. The van der Waals surface area contributed by atoms with Crippen LogP contribution in [0, 0.1) is 5.82 Å². The van der Waals surface area contributed by atoms with Gasteiger partial charge in [-0.25, -0.2) is 9.37 Å². The zero-order valence-electron chi connectivity index (χ0n) is 6.63. The van der Waals surface area contributed by atoms with Gasteiger partial charge >= 0.3 is 0 Å². The van der Waals surface area contributed by atoms with Crippen LogP contribution in [0.5, 0.6) is 0 Å². The van der Waals surface area contributed by atoms with Crippen LogP contribution in [0.3, 0.4) is 0 Å². The molecular formula is C8H11FN2. The summed E-state index contributed by atoms with van der Waals surface area (Å²) >= 11 is 0. The van der Waals surface area contributed by atoms with Gasteiger partial charge < -0.3 is 5.32 Å². The molecular weight excluding hydrogens is 143 g/mol. The molecule has 0 aliphatic rings. The summed E-state index contributed by atoms with van der Waals surface area (Å²) in [6.07, 6.45) is 1.44. The topological polar surface area (TPSA) is 24.9 Å². The summed E-state index contributed by atoms with van der Waals surface area (Å²) in [6, 6.07) is 2.98. The molecule has 60 valence electrons. The van der Waals surface area contributed by atoms with Crippen LogP contribution in [-0.4, -0.2) is 11.0 Å². The molecule has 0 fully saturated rings. The summed E-state index contributed by atoms with van der Waals surface area (Å²) in [7, 11) is 0. The van der Waals surface area contributed by atoms with Gasteiger partial charge in [-0.1, -0.05) is 0 Å². The molecule has 1 rings (SSSR count). The molecule has 1 heterocycles. The van der Waals surface area contributed by atoms with Crippen molar-refractivity contribution in [3.63, 3.8) is 0 Å². The number of halogens is 1. The number of pyridine rings is 1. The van der Waals surface area contributed by atoms with Crippen LogP contribution >= 0.6 is 0 Å². The molecule has 0 atom stereocenters. The normalized spacial score (nSPS) is 10.2. The van der Waals surface area contributed by atoms with Crippen molar-refractivity contribution < 1.29 is 4.39 Å². The Kier molecular flexibility index (Phi) is 2.41. The second-order valence-corrected chi connectivity index (χ2v) is 2.66. The quantitative estimate of drug-likeness (QED) is 0.705. The Morgan fingerprint density at radius 1 is 1.55 bits per heavy atom. The van der Waals surface area contributed by atoms with E-state index >= 15 is 0 Å². The zero-order valence-corrected chi connectivity index (χ0v) is 6.63. The van der Waals surface area contributed by atoms with Crippen molar-refractivity contribution in [2.75, 3.05) is 5.32 Å². The summed E-state index contributed by atoms with van der Waals surface area (Å²) < 4.78 is 12.5. The molecule has 11 heavy (non-hydrogen) atoms. The van der Waals surface area contributed by atoms with Crippen LogP contribution in [-0.2, 0) is 0 Å². The Balaban J connectivity index is 2.71. The molecule has 2 nitrogen and oxygen atoms in total. The lowest BCUT2D eigenvalue weighted by molar-refractivity contribution is 0.625. The van der Waals surface area contributed by atoms with Gasteiger partial charge in [0.2, 0.25) is 0 Å². The highest BCUT2D eigenvalue weighted by molar-refractivity contribution is 5.34. The van der Waals surface area contributed by atoms with Crippen LogP contribution < -0.4 is 5.32 Å². The Morgan fingerprint density at radius 3 is 2.82 bits per heavy atom. The molecule has 1 aromatic heterocycles. The standard InChI is InChI=1S/C8H11FN2/c1-6(2)11-8-5-7(9)3-4-10-8/h3-6H,1-2H3,(H,10,11). The SMILES string of the molecule is CC(C)Nc1cc(F)ccn1. The molecule has 0 spiro atoms. The van der Waals surface area contributed by atoms with Crippen LogP contribution in [0.25, 0.3) is 0 Å². The lowest BCUT2D eigenvalue weighted by Crippen LogP contribution is -2.10. The van der Waals surface area contributed by atoms with Gasteiger partial charge in [0.15, 0.2) is 0 Å². The molecule has 0 bridgehead atoms. The number of anilines is 1. The highest BCUT2D eigenvalue weighted by Crippen LogP contribution is 2.05. The molecule has 1 aromatic rings. The van der Waals surface area contributed by atoms with Crippen molar-refractivity contribution in [1.82, 2.24) is 4.98 Å². The first-order valence-electron chi connectivity index (χ1n) is 3.56. The van der Waals surface area contributed by atoms with Gasteiger partial charge in [-0.05, 0) is 19.9 Å². The lowest BCUT2D eigenvalue weighted by Gasteiger charge is -2.07. The monoisotopic (exact) mass is 154 g/mol. The molecule has 0 saturated carbocycles. The number of hydrogen-bond donors (Lipinski definition) is 1. The highest BCUT2D eigenvalue weighted by atomic mass is 19.1. The Morgan fingerprint density at radius 2 is 2.27 bits per heavy atom. The molecule has 0 aliphatic carbocycles. The van der Waals surface area contributed by atoms with Crippen molar-refractivity contribution in [2.45, 2.75) is 19.9 Å². The minimum Gasteiger partial charge on any atom is -0.368 e. The lowest BCUT2D eigenvalue weighted by atomic mass is 10.4. The number of nitrogens with one attached hydrogen (secondary N) is 1. The van der Waals surface area contributed by atoms with E-state index in [9.17, 15) is 4.39 Å². The van der Waals surface area contributed by atoms with E-state index in [1.165, 1.54) is 18.3 Å². The first kappa shape index (κ1) is 7.98. The average molecular weight is 154 g/mol. The second kappa shape index (κ2) is 3.32. The van der Waals surface area contributed by atoms with Crippen LogP contribution in [0.1, 0.15) is 13.8 Å². The third-order valence-electron chi connectivity index (χ3n) is 1.16. The summed E-state index contributed by atoms with van der Waals surface area (Å²) in [5.74, 6) is 0.322. The van der Waals surface area contributed by atoms with Crippen molar-refractivity contribution in [2.24, 2.45) is 0 Å². The van der Waals surface area contributed by atoms with Gasteiger partial charge in [0.25, 0.3) is 0 Å². The molecule has 0 aliphatic heterocycles. The molecule has 1 N–H and O–H groups in total. The van der Waals surface area contributed by atoms with Crippen LogP contribution in [0.2, 0.25) is 0 Å². The minimum atomic E-state index is -0.261. The third-order valence-corrected chi connectivity index (χ3v) is 1.16. The molecule has 0 amide bonds. The Hall–Kier alpha value is -1.12. The van der Waals surface area contributed by atoms with Gasteiger partial charge in [-0.15, -0.1) is 0 Å². The van der Waals surface area contributed by atoms with Gasteiger partial charge in [-0.3, -0.25) is 0 Å². The van der Waals surface area contributed by atoms with Gasteiger partial charge in [0.05, 0.1) is 0 Å². The van der Waals surface area contributed by atoms with Crippen molar-refractivity contribution in [1.29, 1.82) is 0 Å². The van der Waals surface area contributed by atoms with E-state index in [2.05, 4.69) is 10.3 Å². The van der Waals surface area contributed by atoms with Gasteiger partial charge in [-0.2, -0.15) is 0 Å². The van der Waals surface area contributed by atoms with E-state index in [0.717, 1.165) is 0 Å². The fourth-order valence-electron chi connectivity index (χ4n) is 0.779. The number of hydrogen-bond acceptors (Lipinski definition) is 2. The van der Waals surface area contributed by atoms with Crippen LogP contribution in [0.4, 0.5) is 10.2 Å². The predicted octanol–water partition coefficient (Wildman–Crippen LogP) is 2.04. The average Bonchev–Trinajstić information content (AvgIpc) is 1.85. The third kappa shape index (κ3) is 2.53. The van der Waals surface area contributed by atoms with Crippen molar-refractivity contribution in [3.05, 3.63) is 24.1 Å². The fraction of sp³-hybridized carbons (Fsp3) is 0.375. The molecule has 0 radical (unpaired) electrons. The second-order valence-electron chi connectivity index (χ2n) is 2.66. The first-order valence-corrected chi connectivity index (χ1v) is 3.56. The van der Waals surface area contributed by atoms with Crippen molar-refractivity contribution in [3.8, 4) is 0 Å². The highest BCUT2D eigenvalue weighted by Gasteiger charge is 1.96. The number of rotatable bonds is 2. The Labute approximate surface area is 65.5 Å². The summed E-state index contributed by atoms with van der Waals surface area (Å²) in [4.78, 5) is 3.93. The molecule has 0 saturated heterocycles. The number of aromatic nitrogens is 1. The Bertz CT molecular complexity index is 235. The molecule has 0 unspecified atom stereocenters. The van der Waals surface area contributed by atoms with E-state index in [4.69, 9.17) is 0 Å². The zero-order chi connectivity index (χ0) is 8.27. The van der Waals surface area contributed by atoms with E-state index in [1.807, 2.05) is 13.8 Å².